The second-order valence-corrected chi connectivity index (χ2v) is 4.03. The number of rotatable bonds is 8. The van der Waals surface area contributed by atoms with Crippen LogP contribution in [0.4, 0.5) is 10.1 Å². The van der Waals surface area contributed by atoms with Crippen LogP contribution in [0.2, 0.25) is 0 Å². The Hall–Kier alpha value is -1.41. The quantitative estimate of drug-likeness (QED) is 0.702. The smallest absolute Gasteiger partial charge is 0.243 e. The zero-order valence-electron chi connectivity index (χ0n) is 11.9. The maximum absolute atomic E-state index is 13.2. The van der Waals surface area contributed by atoms with Crippen LogP contribution in [-0.4, -0.2) is 46.0 Å². The van der Waals surface area contributed by atoms with Gasteiger partial charge in [-0.2, -0.15) is 0 Å². The van der Waals surface area contributed by atoms with E-state index in [9.17, 15) is 9.18 Å². The normalized spacial score (nSPS) is 11.4. The number of hydrogen-bond acceptors (Lipinski definition) is 5. The number of methoxy groups -OCH3 is 2. The van der Waals surface area contributed by atoms with Crippen LogP contribution in [0.5, 0.6) is 5.75 Å². The van der Waals surface area contributed by atoms with Crippen LogP contribution in [0, 0.1) is 5.82 Å². The minimum absolute atomic E-state index is 0. The lowest BCUT2D eigenvalue weighted by molar-refractivity contribution is -0.118. The molecule has 3 N–H and O–H groups in total. The molecule has 0 aliphatic heterocycles. The van der Waals surface area contributed by atoms with Crippen molar-refractivity contribution in [3.8, 4) is 5.75 Å². The van der Waals surface area contributed by atoms with E-state index in [4.69, 9.17) is 19.9 Å². The molecule has 0 aliphatic rings. The molecule has 0 heterocycles. The van der Waals surface area contributed by atoms with Crippen molar-refractivity contribution < 1.29 is 23.4 Å². The van der Waals surface area contributed by atoms with E-state index in [2.05, 4.69) is 5.32 Å². The molecule has 0 bridgehead atoms. The van der Waals surface area contributed by atoms with E-state index in [1.807, 2.05) is 0 Å². The number of carbonyl (C=O) groups is 1. The highest BCUT2D eigenvalue weighted by atomic mass is 35.5. The first-order valence-corrected chi connectivity index (χ1v) is 6.05. The zero-order valence-corrected chi connectivity index (χ0v) is 12.7. The number of amides is 1. The van der Waals surface area contributed by atoms with E-state index in [-0.39, 0.29) is 31.3 Å². The van der Waals surface area contributed by atoms with Crippen molar-refractivity contribution in [1.82, 2.24) is 0 Å². The lowest BCUT2D eigenvalue weighted by Crippen LogP contribution is -2.39. The SMILES string of the molecule is COCCOc1ccc(F)cc1NC(=O)C(N)COC.Cl. The van der Waals surface area contributed by atoms with Gasteiger partial charge in [0.2, 0.25) is 5.91 Å². The minimum atomic E-state index is -0.838. The number of carbonyl (C=O) groups excluding carboxylic acids is 1. The Kier molecular flexibility index (Phi) is 9.64. The van der Waals surface area contributed by atoms with Gasteiger partial charge in [0, 0.05) is 20.3 Å². The molecule has 120 valence electrons. The number of nitrogens with two attached hydrogens (primary N) is 1. The van der Waals surface area contributed by atoms with Crippen LogP contribution in [0.15, 0.2) is 18.2 Å². The summed E-state index contributed by atoms with van der Waals surface area (Å²) in [6.45, 7) is 0.740. The van der Waals surface area contributed by atoms with Gasteiger partial charge in [-0.15, -0.1) is 12.4 Å². The molecule has 1 aromatic carbocycles. The summed E-state index contributed by atoms with van der Waals surface area (Å²) in [5.74, 6) is -0.616. The van der Waals surface area contributed by atoms with E-state index in [0.29, 0.717) is 12.4 Å². The van der Waals surface area contributed by atoms with Gasteiger partial charge in [-0.3, -0.25) is 4.79 Å². The standard InChI is InChI=1S/C13H19FN2O4.ClH/c1-18-5-6-20-12-4-3-9(14)7-11(12)16-13(17)10(15)8-19-2;/h3-4,7,10H,5-6,8,15H2,1-2H3,(H,16,17);1H. The summed E-state index contributed by atoms with van der Waals surface area (Å²) in [6.07, 6.45) is 0. The number of anilines is 1. The van der Waals surface area contributed by atoms with Crippen molar-refractivity contribution in [2.75, 3.05) is 39.4 Å². The highest BCUT2D eigenvalue weighted by molar-refractivity contribution is 5.96. The predicted octanol–water partition coefficient (Wildman–Crippen LogP) is 1.18. The number of hydrogen-bond donors (Lipinski definition) is 2. The third-order valence-corrected chi connectivity index (χ3v) is 2.43. The second kappa shape index (κ2) is 10.3. The van der Waals surface area contributed by atoms with Gasteiger partial charge >= 0.3 is 0 Å². The molecule has 0 aliphatic carbocycles. The largest absolute Gasteiger partial charge is 0.489 e. The molecule has 21 heavy (non-hydrogen) atoms. The Labute approximate surface area is 129 Å². The van der Waals surface area contributed by atoms with Gasteiger partial charge in [0.05, 0.1) is 18.9 Å². The molecule has 0 saturated heterocycles. The second-order valence-electron chi connectivity index (χ2n) is 4.03. The molecule has 0 saturated carbocycles. The van der Waals surface area contributed by atoms with Gasteiger partial charge in [-0.1, -0.05) is 0 Å². The van der Waals surface area contributed by atoms with Crippen LogP contribution in [0.1, 0.15) is 0 Å². The van der Waals surface area contributed by atoms with Crippen molar-refractivity contribution >= 4 is 24.0 Å². The van der Waals surface area contributed by atoms with Gasteiger partial charge in [-0.05, 0) is 12.1 Å². The summed E-state index contributed by atoms with van der Waals surface area (Å²) in [6, 6.07) is 3.00. The Bertz CT molecular complexity index is 448. The van der Waals surface area contributed by atoms with Crippen LogP contribution in [0.3, 0.4) is 0 Å². The number of halogens is 2. The summed E-state index contributed by atoms with van der Waals surface area (Å²) in [5, 5.41) is 2.51. The van der Waals surface area contributed by atoms with Crippen LogP contribution in [-0.2, 0) is 14.3 Å². The lowest BCUT2D eigenvalue weighted by atomic mass is 10.2. The van der Waals surface area contributed by atoms with Crippen LogP contribution < -0.4 is 15.8 Å². The van der Waals surface area contributed by atoms with Gasteiger partial charge in [0.1, 0.15) is 24.2 Å². The average Bonchev–Trinajstić information content (AvgIpc) is 2.41. The van der Waals surface area contributed by atoms with Gasteiger partial charge in [0.15, 0.2) is 0 Å². The summed E-state index contributed by atoms with van der Waals surface area (Å²) < 4.78 is 28.3. The Morgan fingerprint density at radius 1 is 1.33 bits per heavy atom. The first-order valence-electron chi connectivity index (χ1n) is 6.05. The Morgan fingerprint density at radius 2 is 2.05 bits per heavy atom. The monoisotopic (exact) mass is 322 g/mol. The predicted molar refractivity (Wildman–Crippen MR) is 79.5 cm³/mol. The van der Waals surface area contributed by atoms with E-state index in [0.717, 1.165) is 0 Å². The molecule has 0 radical (unpaired) electrons. The first kappa shape index (κ1) is 19.6. The summed E-state index contributed by atoms with van der Waals surface area (Å²) >= 11 is 0. The van der Waals surface area contributed by atoms with Crippen molar-refractivity contribution in [3.05, 3.63) is 24.0 Å². The molecule has 1 rings (SSSR count). The highest BCUT2D eigenvalue weighted by Crippen LogP contribution is 2.25. The van der Waals surface area contributed by atoms with Gasteiger partial charge in [0.25, 0.3) is 0 Å². The Morgan fingerprint density at radius 3 is 2.67 bits per heavy atom. The Balaban J connectivity index is 0.00000400. The van der Waals surface area contributed by atoms with E-state index >= 15 is 0 Å². The van der Waals surface area contributed by atoms with Crippen LogP contribution in [0.25, 0.3) is 0 Å². The molecule has 1 aromatic rings. The third kappa shape index (κ3) is 6.72. The molecule has 1 atom stereocenters. The molecule has 1 unspecified atom stereocenters. The summed E-state index contributed by atoms with van der Waals surface area (Å²) in [5.41, 5.74) is 5.81. The van der Waals surface area contributed by atoms with Gasteiger partial charge in [-0.25, -0.2) is 4.39 Å². The zero-order chi connectivity index (χ0) is 15.0. The fraction of sp³-hybridized carbons (Fsp3) is 0.462. The molecule has 0 spiro atoms. The van der Waals surface area contributed by atoms with Crippen LogP contribution >= 0.6 is 12.4 Å². The maximum Gasteiger partial charge on any atom is 0.243 e. The van der Waals surface area contributed by atoms with E-state index < -0.39 is 17.8 Å². The first-order chi connectivity index (χ1) is 9.58. The lowest BCUT2D eigenvalue weighted by Gasteiger charge is -2.15. The molecule has 0 aromatic heterocycles. The molecule has 8 heteroatoms. The number of ether oxygens (including phenoxy) is 3. The highest BCUT2D eigenvalue weighted by Gasteiger charge is 2.16. The molecule has 6 nitrogen and oxygen atoms in total. The van der Waals surface area contributed by atoms with E-state index in [1.165, 1.54) is 25.3 Å². The maximum atomic E-state index is 13.2. The fourth-order valence-electron chi connectivity index (χ4n) is 1.44. The molecular weight excluding hydrogens is 303 g/mol. The van der Waals surface area contributed by atoms with Crippen molar-refractivity contribution in [2.45, 2.75) is 6.04 Å². The van der Waals surface area contributed by atoms with Crippen molar-refractivity contribution in [3.63, 3.8) is 0 Å². The summed E-state index contributed by atoms with van der Waals surface area (Å²) in [7, 11) is 2.98. The molecule has 0 fully saturated rings. The minimum Gasteiger partial charge on any atom is -0.489 e. The van der Waals surface area contributed by atoms with Crippen molar-refractivity contribution in [1.29, 1.82) is 0 Å². The third-order valence-electron chi connectivity index (χ3n) is 2.43. The van der Waals surface area contributed by atoms with Gasteiger partial charge < -0.3 is 25.3 Å². The fourth-order valence-corrected chi connectivity index (χ4v) is 1.44. The van der Waals surface area contributed by atoms with E-state index in [1.54, 1.807) is 7.11 Å². The van der Waals surface area contributed by atoms with Crippen molar-refractivity contribution in [2.24, 2.45) is 5.73 Å². The number of nitrogens with one attached hydrogen (secondary N) is 1. The molecular formula is C13H20ClFN2O4. The molecule has 1 amide bonds. The topological polar surface area (TPSA) is 82.8 Å². The average molecular weight is 323 g/mol. The number of benzene rings is 1. The summed E-state index contributed by atoms with van der Waals surface area (Å²) in [4.78, 5) is 11.8.